The molecule has 3 aromatic rings. The highest BCUT2D eigenvalue weighted by Crippen LogP contribution is 2.31. The highest BCUT2D eigenvalue weighted by atomic mass is 32.2. The van der Waals surface area contributed by atoms with Crippen molar-refractivity contribution in [3.05, 3.63) is 48.0 Å². The lowest BCUT2D eigenvalue weighted by atomic mass is 10.2. The minimum atomic E-state index is -1.87. The first kappa shape index (κ1) is 26.1. The number of rotatable bonds is 8. The van der Waals surface area contributed by atoms with Crippen LogP contribution in [0.15, 0.2) is 57.2 Å². The maximum atomic E-state index is 12.2. The Morgan fingerprint density at radius 2 is 1.91 bits per heavy atom. The number of ether oxygens (including phenoxy) is 2. The van der Waals surface area contributed by atoms with Gasteiger partial charge in [0.05, 0.1) is 12.2 Å². The van der Waals surface area contributed by atoms with Crippen LogP contribution < -0.4 is 10.6 Å². The highest BCUT2D eigenvalue weighted by molar-refractivity contribution is 7.75. The number of aromatic nitrogens is 2. The summed E-state index contributed by atoms with van der Waals surface area (Å²) in [6.45, 7) is 7.16. The third-order valence-corrected chi connectivity index (χ3v) is 6.03. The summed E-state index contributed by atoms with van der Waals surface area (Å²) in [5.41, 5.74) is 0.789. The van der Waals surface area contributed by atoms with Crippen LogP contribution in [0.5, 0.6) is 0 Å². The summed E-state index contributed by atoms with van der Waals surface area (Å²) in [6.07, 6.45) is 0.791. The summed E-state index contributed by atoms with van der Waals surface area (Å²) in [5, 5.41) is 8.06. The van der Waals surface area contributed by atoms with Crippen molar-refractivity contribution in [2.45, 2.75) is 38.2 Å². The van der Waals surface area contributed by atoms with Crippen molar-refractivity contribution in [3.63, 3.8) is 0 Å². The lowest BCUT2D eigenvalue weighted by molar-refractivity contribution is -0.152. The Morgan fingerprint density at radius 3 is 2.54 bits per heavy atom. The molecular weight excluding hydrogens is 490 g/mol. The molecule has 1 amide bonds. The van der Waals surface area contributed by atoms with Gasteiger partial charge < -0.3 is 24.3 Å². The standard InChI is InChI=1S/C23H26N5O5S2/c1-5-32-22(30)28-35(31)16-10-8-15(9-11-16)26-21-25-13-17(18-7-6-12-34-18)20(27-21)24-14-19(29)33-23(2,3)4/h6-13H,5,14H2,1-4H3,(H2,24,25,26,27)/q-1. The molecule has 0 aliphatic rings. The lowest BCUT2D eigenvalue weighted by Gasteiger charge is -2.20. The second kappa shape index (κ2) is 11.8. The van der Waals surface area contributed by atoms with Crippen molar-refractivity contribution in [2.24, 2.45) is 4.36 Å². The van der Waals surface area contributed by atoms with Gasteiger partial charge in [-0.1, -0.05) is 23.1 Å². The van der Waals surface area contributed by atoms with Gasteiger partial charge in [0.25, 0.3) is 0 Å². The van der Waals surface area contributed by atoms with E-state index in [2.05, 4.69) is 29.7 Å². The van der Waals surface area contributed by atoms with E-state index in [1.807, 2.05) is 17.5 Å². The molecule has 0 saturated heterocycles. The number of amides is 1. The number of nitrogens with one attached hydrogen (secondary N) is 2. The van der Waals surface area contributed by atoms with Gasteiger partial charge in [-0.05, 0) is 51.3 Å². The van der Waals surface area contributed by atoms with Gasteiger partial charge in [0.2, 0.25) is 5.95 Å². The van der Waals surface area contributed by atoms with Crippen molar-refractivity contribution < 1.29 is 23.3 Å². The molecule has 2 aromatic heterocycles. The highest BCUT2D eigenvalue weighted by Gasteiger charge is 2.17. The number of benzene rings is 1. The fraction of sp³-hybridized carbons (Fsp3) is 0.304. The van der Waals surface area contributed by atoms with Crippen LogP contribution in [0.3, 0.4) is 0 Å². The van der Waals surface area contributed by atoms with E-state index in [-0.39, 0.29) is 13.2 Å². The number of hydrogen-bond donors (Lipinski definition) is 2. The molecular formula is C23H26N5O5S2-. The number of nitrogens with zero attached hydrogens (tertiary/aromatic N) is 3. The minimum Gasteiger partial charge on any atom is -0.459 e. The van der Waals surface area contributed by atoms with E-state index >= 15 is 0 Å². The van der Waals surface area contributed by atoms with Gasteiger partial charge >= 0.3 is 12.1 Å². The predicted octanol–water partition coefficient (Wildman–Crippen LogP) is 5.37. The van der Waals surface area contributed by atoms with E-state index in [0.717, 1.165) is 10.4 Å². The summed E-state index contributed by atoms with van der Waals surface area (Å²) < 4.78 is 25.7. The zero-order valence-electron chi connectivity index (χ0n) is 19.7. The summed E-state index contributed by atoms with van der Waals surface area (Å²) in [5.74, 6) is 0.364. The second-order valence-corrected chi connectivity index (χ2v) is 10.2. The number of thiophene rings is 1. The summed E-state index contributed by atoms with van der Waals surface area (Å²) >= 11 is 1.53. The van der Waals surface area contributed by atoms with Gasteiger partial charge in [-0.25, -0.2) is 9.78 Å². The molecule has 12 heteroatoms. The number of hydrogen-bond acceptors (Lipinski definition) is 11. The Labute approximate surface area is 209 Å². The Hall–Kier alpha value is -3.51. The average molecular weight is 517 g/mol. The summed E-state index contributed by atoms with van der Waals surface area (Å²) in [7, 11) is -1.87. The van der Waals surface area contributed by atoms with E-state index in [1.54, 1.807) is 58.2 Å². The topological polar surface area (TPSA) is 132 Å². The fourth-order valence-electron chi connectivity index (χ4n) is 2.78. The van der Waals surface area contributed by atoms with E-state index in [9.17, 15) is 13.8 Å². The van der Waals surface area contributed by atoms with Gasteiger partial charge in [0.15, 0.2) is 0 Å². The fourth-order valence-corrected chi connectivity index (χ4v) is 4.18. The largest absolute Gasteiger partial charge is 0.459 e. The maximum Gasteiger partial charge on any atom is 0.410 e. The van der Waals surface area contributed by atoms with Gasteiger partial charge in [-0.3, -0.25) is 9.16 Å². The number of carbonyl (C=O) groups is 2. The van der Waals surface area contributed by atoms with E-state index in [0.29, 0.717) is 22.3 Å². The molecule has 186 valence electrons. The van der Waals surface area contributed by atoms with Gasteiger partial charge in [-0.2, -0.15) is 4.98 Å². The first-order valence-corrected chi connectivity index (χ1v) is 12.7. The van der Waals surface area contributed by atoms with Crippen molar-refractivity contribution in [3.8, 4) is 10.4 Å². The molecule has 1 aromatic carbocycles. The molecule has 2 N–H and O–H groups in total. The Morgan fingerprint density at radius 1 is 1.17 bits per heavy atom. The van der Waals surface area contributed by atoms with Crippen LogP contribution in [-0.4, -0.2) is 40.8 Å². The smallest absolute Gasteiger partial charge is 0.410 e. The van der Waals surface area contributed by atoms with Crippen LogP contribution in [0.4, 0.5) is 22.2 Å². The summed E-state index contributed by atoms with van der Waals surface area (Å²) in [6, 6.07) is 10.3. The number of esters is 1. The average Bonchev–Trinajstić information content (AvgIpc) is 3.32. The van der Waals surface area contributed by atoms with Crippen LogP contribution in [0.2, 0.25) is 0 Å². The molecule has 0 saturated carbocycles. The number of carbonyl (C=O) groups excluding carboxylic acids is 2. The van der Waals surface area contributed by atoms with Gasteiger partial charge in [-0.15, -0.1) is 21.9 Å². The van der Waals surface area contributed by atoms with Crippen molar-refractivity contribution in [1.29, 1.82) is 0 Å². The summed E-state index contributed by atoms with van der Waals surface area (Å²) in [4.78, 5) is 33.8. The first-order valence-electron chi connectivity index (χ1n) is 10.7. The lowest BCUT2D eigenvalue weighted by Crippen LogP contribution is -2.28. The van der Waals surface area contributed by atoms with Crippen LogP contribution in [0.1, 0.15) is 27.7 Å². The minimum absolute atomic E-state index is 0.0590. The SMILES string of the molecule is CCOC(=O)N=[S-](=O)c1ccc(Nc2ncc(-c3cccs3)c(NCC(=O)OC(C)(C)C)n2)cc1. The molecule has 0 fully saturated rings. The predicted molar refractivity (Wildman–Crippen MR) is 135 cm³/mol. The Kier molecular flexibility index (Phi) is 8.77. The molecule has 3 rings (SSSR count). The molecule has 0 unspecified atom stereocenters. The van der Waals surface area contributed by atoms with Crippen LogP contribution >= 0.6 is 11.3 Å². The molecule has 0 atom stereocenters. The Bertz CT molecular complexity index is 1250. The van der Waals surface area contributed by atoms with E-state index in [4.69, 9.17) is 4.74 Å². The molecule has 0 radical (unpaired) electrons. The van der Waals surface area contributed by atoms with Crippen molar-refractivity contribution >= 4 is 51.4 Å². The van der Waals surface area contributed by atoms with E-state index in [1.165, 1.54) is 11.3 Å². The molecule has 0 bridgehead atoms. The maximum absolute atomic E-state index is 12.2. The third-order valence-electron chi connectivity index (χ3n) is 4.13. The Balaban J connectivity index is 1.77. The van der Waals surface area contributed by atoms with Crippen molar-refractivity contribution in [1.82, 2.24) is 9.97 Å². The third kappa shape index (κ3) is 8.04. The normalized spacial score (nSPS) is 12.1. The zero-order chi connectivity index (χ0) is 25.4. The van der Waals surface area contributed by atoms with Crippen LogP contribution in [0.25, 0.3) is 10.4 Å². The molecule has 10 nitrogen and oxygen atoms in total. The van der Waals surface area contributed by atoms with Crippen LogP contribution in [0, 0.1) is 0 Å². The monoisotopic (exact) mass is 516 g/mol. The quantitative estimate of drug-likeness (QED) is 0.300. The van der Waals surface area contributed by atoms with E-state index < -0.39 is 28.3 Å². The zero-order valence-corrected chi connectivity index (χ0v) is 21.4. The first-order chi connectivity index (χ1) is 16.6. The molecule has 0 aliphatic heterocycles. The molecule has 35 heavy (non-hydrogen) atoms. The van der Waals surface area contributed by atoms with Crippen molar-refractivity contribution in [2.75, 3.05) is 23.8 Å². The molecule has 0 aliphatic carbocycles. The van der Waals surface area contributed by atoms with Crippen LogP contribution in [-0.2, 0) is 29.1 Å². The molecule has 2 heterocycles. The van der Waals surface area contributed by atoms with Gasteiger partial charge in [0, 0.05) is 16.8 Å². The van der Waals surface area contributed by atoms with Gasteiger partial charge in [0.1, 0.15) is 18.0 Å². The molecule has 0 spiro atoms. The second-order valence-electron chi connectivity index (χ2n) is 8.06. The number of anilines is 3.